The summed E-state index contributed by atoms with van der Waals surface area (Å²) in [6.45, 7) is 21.2. The van der Waals surface area contributed by atoms with Crippen molar-refractivity contribution >= 4 is 5.69 Å². The second kappa shape index (κ2) is 7.74. The van der Waals surface area contributed by atoms with E-state index in [1.54, 1.807) is 0 Å². The van der Waals surface area contributed by atoms with Crippen LogP contribution in [0.25, 0.3) is 0 Å². The summed E-state index contributed by atoms with van der Waals surface area (Å²) in [6, 6.07) is 14.2. The van der Waals surface area contributed by atoms with Gasteiger partial charge < -0.3 is 5.32 Å². The van der Waals surface area contributed by atoms with E-state index >= 15 is 0 Å². The van der Waals surface area contributed by atoms with Crippen molar-refractivity contribution in [1.29, 1.82) is 0 Å². The van der Waals surface area contributed by atoms with Crippen LogP contribution in [0.5, 0.6) is 0 Å². The molecule has 2 aliphatic rings. The molecule has 34 heavy (non-hydrogen) atoms. The second-order valence-electron chi connectivity index (χ2n) is 12.3. The minimum Gasteiger partial charge on any atom is -0.374 e. The lowest BCUT2D eigenvalue weighted by Crippen LogP contribution is -2.34. The zero-order chi connectivity index (χ0) is 24.6. The smallest absolute Gasteiger partial charge is 0.0775 e. The third-order valence-corrected chi connectivity index (χ3v) is 9.39. The maximum absolute atomic E-state index is 4.09. The van der Waals surface area contributed by atoms with Crippen molar-refractivity contribution in [2.45, 2.75) is 98.4 Å². The van der Waals surface area contributed by atoms with Gasteiger partial charge in [0.05, 0.1) is 6.04 Å². The third-order valence-electron chi connectivity index (χ3n) is 9.39. The lowest BCUT2D eigenvalue weighted by atomic mass is 9.63. The summed E-state index contributed by atoms with van der Waals surface area (Å²) in [5.74, 6) is 0. The molecule has 0 bridgehead atoms. The fraction of sp³-hybridized carbons (Fsp3) is 0.455. The first-order valence-electron chi connectivity index (χ1n) is 13.0. The van der Waals surface area contributed by atoms with Gasteiger partial charge in [-0.2, -0.15) is 0 Å². The molecular weight excluding hydrogens is 410 g/mol. The van der Waals surface area contributed by atoms with E-state index in [1.165, 1.54) is 79.7 Å². The lowest BCUT2D eigenvalue weighted by Gasteiger charge is -2.43. The van der Waals surface area contributed by atoms with Crippen molar-refractivity contribution in [2.75, 3.05) is 5.32 Å². The fourth-order valence-corrected chi connectivity index (χ4v) is 6.54. The highest BCUT2D eigenvalue weighted by Crippen LogP contribution is 2.48. The molecule has 0 fully saturated rings. The number of rotatable bonds is 2. The van der Waals surface area contributed by atoms with Gasteiger partial charge in [0.25, 0.3) is 0 Å². The molecule has 0 spiro atoms. The van der Waals surface area contributed by atoms with E-state index in [0.29, 0.717) is 0 Å². The predicted octanol–water partition coefficient (Wildman–Crippen LogP) is 8.68. The van der Waals surface area contributed by atoms with Crippen LogP contribution in [0.4, 0.5) is 5.69 Å². The fourth-order valence-electron chi connectivity index (χ4n) is 6.54. The first-order chi connectivity index (χ1) is 15.9. The second-order valence-corrected chi connectivity index (χ2v) is 12.3. The Morgan fingerprint density at radius 3 is 2.00 bits per heavy atom. The Morgan fingerprint density at radius 1 is 0.735 bits per heavy atom. The monoisotopic (exact) mass is 451 g/mol. The van der Waals surface area contributed by atoms with Gasteiger partial charge >= 0.3 is 0 Å². The van der Waals surface area contributed by atoms with Crippen LogP contribution in [0, 0.1) is 34.6 Å². The first kappa shape index (κ1) is 23.2. The quantitative estimate of drug-likeness (QED) is 0.411. The van der Waals surface area contributed by atoms with Crippen LogP contribution in [-0.4, -0.2) is 0 Å². The van der Waals surface area contributed by atoms with Gasteiger partial charge in [-0.3, -0.25) is 0 Å². The molecule has 1 heteroatoms. The first-order valence-corrected chi connectivity index (χ1v) is 13.0. The normalized spacial score (nSPS) is 19.7. The number of aryl methyl sites for hydroxylation is 1. The minimum absolute atomic E-state index is 0.175. The Labute approximate surface area is 207 Å². The number of hydrogen-bond acceptors (Lipinski definition) is 1. The molecule has 5 rings (SSSR count). The largest absolute Gasteiger partial charge is 0.374 e. The van der Waals surface area contributed by atoms with Gasteiger partial charge in [-0.05, 0) is 132 Å². The van der Waals surface area contributed by atoms with Crippen LogP contribution >= 0.6 is 0 Å². The molecule has 178 valence electrons. The highest BCUT2D eigenvalue weighted by atomic mass is 14.9. The van der Waals surface area contributed by atoms with Crippen molar-refractivity contribution in [3.8, 4) is 0 Å². The Balaban J connectivity index is 1.70. The van der Waals surface area contributed by atoms with E-state index in [1.807, 2.05) is 0 Å². The molecule has 0 aromatic heterocycles. The van der Waals surface area contributed by atoms with Gasteiger partial charge in [0.15, 0.2) is 0 Å². The molecule has 1 atom stereocenters. The van der Waals surface area contributed by atoms with E-state index in [0.717, 1.165) is 6.42 Å². The van der Waals surface area contributed by atoms with Crippen LogP contribution in [0.1, 0.15) is 108 Å². The van der Waals surface area contributed by atoms with Crippen molar-refractivity contribution < 1.29 is 0 Å². The summed E-state index contributed by atoms with van der Waals surface area (Å²) in [4.78, 5) is 0. The highest BCUT2D eigenvalue weighted by molar-refractivity contribution is 5.65. The Kier molecular flexibility index (Phi) is 5.28. The molecule has 1 unspecified atom stereocenters. The predicted molar refractivity (Wildman–Crippen MR) is 147 cm³/mol. The summed E-state index contributed by atoms with van der Waals surface area (Å²) in [7, 11) is 0. The maximum Gasteiger partial charge on any atom is 0.0775 e. The summed E-state index contributed by atoms with van der Waals surface area (Å²) in [5, 5.41) is 4.09. The molecule has 0 saturated heterocycles. The molecule has 0 heterocycles. The standard InChI is InChI=1S/C33H41N/c1-19-16-27-28(33(8,9)15-14-32(27,6)7)18-29(19)34-31-25-13-11-10-12-24(25)17-26-22(4)20(2)21(3)23(5)30(26)31/h10-13,16,18,31,34H,14-15,17H2,1-9H3. The van der Waals surface area contributed by atoms with Gasteiger partial charge in [-0.1, -0.05) is 58.0 Å². The number of hydrogen-bond donors (Lipinski definition) is 1. The number of nitrogens with one attached hydrogen (secondary N) is 1. The molecule has 3 aromatic rings. The van der Waals surface area contributed by atoms with Gasteiger partial charge in [0.1, 0.15) is 0 Å². The molecule has 1 N–H and O–H groups in total. The zero-order valence-corrected chi connectivity index (χ0v) is 22.7. The molecule has 0 amide bonds. The van der Waals surface area contributed by atoms with Gasteiger partial charge in [-0.25, -0.2) is 0 Å². The van der Waals surface area contributed by atoms with Crippen LogP contribution in [0.2, 0.25) is 0 Å². The summed E-state index contributed by atoms with van der Waals surface area (Å²) < 4.78 is 0. The lowest BCUT2D eigenvalue weighted by molar-refractivity contribution is 0.332. The van der Waals surface area contributed by atoms with E-state index < -0.39 is 0 Å². The average molecular weight is 452 g/mol. The molecule has 1 nitrogen and oxygen atoms in total. The van der Waals surface area contributed by atoms with Crippen LogP contribution in [-0.2, 0) is 17.3 Å². The summed E-state index contributed by atoms with van der Waals surface area (Å²) in [6.07, 6.45) is 3.52. The van der Waals surface area contributed by atoms with E-state index in [9.17, 15) is 0 Å². The third kappa shape index (κ3) is 3.43. The highest BCUT2D eigenvalue weighted by Gasteiger charge is 2.38. The number of anilines is 1. The minimum atomic E-state index is 0.175. The maximum atomic E-state index is 4.09. The van der Waals surface area contributed by atoms with Gasteiger partial charge in [0, 0.05) is 5.69 Å². The molecule has 2 aliphatic carbocycles. The average Bonchev–Trinajstić information content (AvgIpc) is 2.80. The molecule has 0 saturated carbocycles. The topological polar surface area (TPSA) is 12.0 Å². The molecule has 0 radical (unpaired) electrons. The SMILES string of the molecule is Cc1cc2c(cc1NC1c3ccccc3Cc3c(C)c(C)c(C)c(C)c31)C(C)(C)CCC2(C)C. The van der Waals surface area contributed by atoms with Crippen molar-refractivity contribution in [3.63, 3.8) is 0 Å². The van der Waals surface area contributed by atoms with E-state index in [2.05, 4.69) is 104 Å². The number of benzene rings is 3. The number of fused-ring (bicyclic) bond motifs is 3. The Bertz CT molecular complexity index is 1300. The Morgan fingerprint density at radius 2 is 1.32 bits per heavy atom. The van der Waals surface area contributed by atoms with Crippen molar-refractivity contribution in [1.82, 2.24) is 0 Å². The Hall–Kier alpha value is -2.54. The summed E-state index contributed by atoms with van der Waals surface area (Å²) >= 11 is 0. The zero-order valence-electron chi connectivity index (χ0n) is 22.7. The van der Waals surface area contributed by atoms with Crippen molar-refractivity contribution in [3.05, 3.63) is 97.6 Å². The van der Waals surface area contributed by atoms with Crippen LogP contribution < -0.4 is 5.32 Å². The van der Waals surface area contributed by atoms with Crippen LogP contribution in [0.3, 0.4) is 0 Å². The van der Waals surface area contributed by atoms with Gasteiger partial charge in [-0.15, -0.1) is 0 Å². The van der Waals surface area contributed by atoms with E-state index in [4.69, 9.17) is 0 Å². The summed E-state index contributed by atoms with van der Waals surface area (Å²) in [5.41, 5.74) is 17.8. The van der Waals surface area contributed by atoms with Gasteiger partial charge in [0.2, 0.25) is 0 Å². The molecule has 3 aromatic carbocycles. The van der Waals surface area contributed by atoms with Crippen LogP contribution in [0.15, 0.2) is 36.4 Å². The molecular formula is C33H41N. The van der Waals surface area contributed by atoms with E-state index in [-0.39, 0.29) is 16.9 Å². The molecule has 0 aliphatic heterocycles. The van der Waals surface area contributed by atoms with Crippen molar-refractivity contribution in [2.24, 2.45) is 0 Å².